The highest BCUT2D eigenvalue weighted by Crippen LogP contribution is 2.34. The van der Waals surface area contributed by atoms with E-state index in [1.807, 2.05) is 0 Å². The van der Waals surface area contributed by atoms with E-state index in [1.165, 1.54) is 25.3 Å². The molecule has 19 heavy (non-hydrogen) atoms. The van der Waals surface area contributed by atoms with E-state index in [4.69, 9.17) is 17.3 Å². The number of halogens is 2. The summed E-state index contributed by atoms with van der Waals surface area (Å²) in [7, 11) is 0. The third-order valence-corrected chi connectivity index (χ3v) is 4.03. The molecule has 0 atom stereocenters. The summed E-state index contributed by atoms with van der Waals surface area (Å²) in [6, 6.07) is 3.17. The molecule has 1 aliphatic carbocycles. The lowest BCUT2D eigenvalue weighted by molar-refractivity contribution is 0.290. The Morgan fingerprint density at radius 1 is 1.32 bits per heavy atom. The normalized spacial score (nSPS) is 16.6. The van der Waals surface area contributed by atoms with Gasteiger partial charge in [-0.05, 0) is 18.9 Å². The zero-order valence-electron chi connectivity index (χ0n) is 10.9. The first-order chi connectivity index (χ1) is 9.13. The SMILES string of the molecule is Nc1cc(F)c(Cl)cc1N(CCO)C1CCCCC1. The lowest BCUT2D eigenvalue weighted by Gasteiger charge is -2.36. The number of nitrogen functional groups attached to an aromatic ring is 1. The Balaban J connectivity index is 2.29. The molecule has 1 aromatic rings. The fourth-order valence-electron chi connectivity index (χ4n) is 2.80. The van der Waals surface area contributed by atoms with E-state index in [2.05, 4.69) is 4.90 Å². The Labute approximate surface area is 118 Å². The molecule has 2 rings (SSSR count). The van der Waals surface area contributed by atoms with Crippen LogP contribution in [0, 0.1) is 5.82 Å². The molecule has 1 aromatic carbocycles. The number of nitrogens with zero attached hydrogens (tertiary/aromatic N) is 1. The van der Waals surface area contributed by atoms with Gasteiger partial charge in [0, 0.05) is 18.7 Å². The van der Waals surface area contributed by atoms with Crippen LogP contribution in [0.15, 0.2) is 12.1 Å². The molecule has 0 heterocycles. The average Bonchev–Trinajstić information content (AvgIpc) is 2.42. The molecule has 0 saturated heterocycles. The van der Waals surface area contributed by atoms with Crippen LogP contribution in [-0.4, -0.2) is 24.3 Å². The van der Waals surface area contributed by atoms with Crippen molar-refractivity contribution in [1.29, 1.82) is 0 Å². The van der Waals surface area contributed by atoms with E-state index < -0.39 is 5.82 Å². The molecule has 1 saturated carbocycles. The fraction of sp³-hybridized carbons (Fsp3) is 0.571. The molecule has 3 N–H and O–H groups in total. The van der Waals surface area contributed by atoms with Crippen LogP contribution in [0.5, 0.6) is 0 Å². The van der Waals surface area contributed by atoms with Crippen LogP contribution in [-0.2, 0) is 0 Å². The molecule has 0 radical (unpaired) electrons. The number of hydrogen-bond acceptors (Lipinski definition) is 3. The number of benzene rings is 1. The summed E-state index contributed by atoms with van der Waals surface area (Å²) in [6.07, 6.45) is 5.77. The summed E-state index contributed by atoms with van der Waals surface area (Å²) in [6.45, 7) is 0.543. The average molecular weight is 287 g/mol. The number of aliphatic hydroxyl groups excluding tert-OH is 1. The van der Waals surface area contributed by atoms with Gasteiger partial charge in [0.05, 0.1) is 23.0 Å². The Bertz CT molecular complexity index is 436. The second kappa shape index (κ2) is 6.44. The lowest BCUT2D eigenvalue weighted by atomic mass is 9.93. The van der Waals surface area contributed by atoms with Crippen molar-refractivity contribution in [2.75, 3.05) is 23.8 Å². The summed E-state index contributed by atoms with van der Waals surface area (Å²) in [5.41, 5.74) is 7.01. The van der Waals surface area contributed by atoms with Crippen molar-refractivity contribution in [3.8, 4) is 0 Å². The molecule has 0 aromatic heterocycles. The van der Waals surface area contributed by atoms with Crippen LogP contribution in [0.2, 0.25) is 5.02 Å². The Hall–Kier alpha value is -1.00. The van der Waals surface area contributed by atoms with Crippen LogP contribution < -0.4 is 10.6 Å². The monoisotopic (exact) mass is 286 g/mol. The summed E-state index contributed by atoms with van der Waals surface area (Å²) in [4.78, 5) is 2.07. The van der Waals surface area contributed by atoms with E-state index in [1.54, 1.807) is 6.07 Å². The van der Waals surface area contributed by atoms with Crippen LogP contribution in [0.1, 0.15) is 32.1 Å². The summed E-state index contributed by atoms with van der Waals surface area (Å²) >= 11 is 5.85. The molecule has 106 valence electrons. The number of aliphatic hydroxyl groups is 1. The highest BCUT2D eigenvalue weighted by molar-refractivity contribution is 6.31. The number of rotatable bonds is 4. The van der Waals surface area contributed by atoms with Crippen molar-refractivity contribution in [1.82, 2.24) is 0 Å². The molecule has 0 bridgehead atoms. The van der Waals surface area contributed by atoms with Gasteiger partial charge >= 0.3 is 0 Å². The van der Waals surface area contributed by atoms with E-state index in [9.17, 15) is 9.50 Å². The van der Waals surface area contributed by atoms with Crippen molar-refractivity contribution in [3.05, 3.63) is 23.0 Å². The molecule has 0 aliphatic heterocycles. The van der Waals surface area contributed by atoms with Gasteiger partial charge in [-0.25, -0.2) is 4.39 Å². The highest BCUT2D eigenvalue weighted by atomic mass is 35.5. The molecular formula is C14H20ClFN2O. The van der Waals surface area contributed by atoms with Gasteiger partial charge in [0.15, 0.2) is 0 Å². The van der Waals surface area contributed by atoms with Crippen LogP contribution in [0.4, 0.5) is 15.8 Å². The van der Waals surface area contributed by atoms with Gasteiger partial charge in [-0.15, -0.1) is 0 Å². The highest BCUT2D eigenvalue weighted by Gasteiger charge is 2.23. The van der Waals surface area contributed by atoms with E-state index in [0.29, 0.717) is 18.3 Å². The summed E-state index contributed by atoms with van der Waals surface area (Å²) in [5, 5.41) is 9.33. The van der Waals surface area contributed by atoms with E-state index in [-0.39, 0.29) is 11.6 Å². The topological polar surface area (TPSA) is 49.5 Å². The second-order valence-electron chi connectivity index (χ2n) is 5.03. The largest absolute Gasteiger partial charge is 0.397 e. The third kappa shape index (κ3) is 3.31. The van der Waals surface area contributed by atoms with Crippen molar-refractivity contribution < 1.29 is 9.50 Å². The Morgan fingerprint density at radius 2 is 2.00 bits per heavy atom. The lowest BCUT2D eigenvalue weighted by Crippen LogP contribution is -2.39. The number of anilines is 2. The Morgan fingerprint density at radius 3 is 2.63 bits per heavy atom. The van der Waals surface area contributed by atoms with Crippen LogP contribution in [0.25, 0.3) is 0 Å². The van der Waals surface area contributed by atoms with Crippen LogP contribution >= 0.6 is 11.6 Å². The molecule has 0 spiro atoms. The second-order valence-corrected chi connectivity index (χ2v) is 5.44. The minimum Gasteiger partial charge on any atom is -0.397 e. The summed E-state index contributed by atoms with van der Waals surface area (Å²) < 4.78 is 13.4. The van der Waals surface area contributed by atoms with Gasteiger partial charge in [0.2, 0.25) is 0 Å². The van der Waals surface area contributed by atoms with Gasteiger partial charge in [0.25, 0.3) is 0 Å². The molecule has 1 fully saturated rings. The first-order valence-corrected chi connectivity index (χ1v) is 7.13. The minimum atomic E-state index is -0.504. The molecule has 1 aliphatic rings. The van der Waals surface area contributed by atoms with Crippen molar-refractivity contribution in [2.24, 2.45) is 0 Å². The first-order valence-electron chi connectivity index (χ1n) is 6.75. The third-order valence-electron chi connectivity index (χ3n) is 3.74. The standard InChI is InChI=1S/C14H20ClFN2O/c15-11-8-14(13(17)9-12(11)16)18(6-7-19)10-4-2-1-3-5-10/h8-10,19H,1-7,17H2. The number of hydrogen-bond donors (Lipinski definition) is 2. The van der Waals surface area contributed by atoms with Gasteiger partial charge in [-0.2, -0.15) is 0 Å². The molecule has 3 nitrogen and oxygen atoms in total. The zero-order chi connectivity index (χ0) is 13.8. The first kappa shape index (κ1) is 14.4. The van der Waals surface area contributed by atoms with Gasteiger partial charge in [-0.3, -0.25) is 0 Å². The van der Waals surface area contributed by atoms with Gasteiger partial charge in [-0.1, -0.05) is 30.9 Å². The molecular weight excluding hydrogens is 267 g/mol. The maximum absolute atomic E-state index is 13.4. The molecule has 5 heteroatoms. The van der Waals surface area contributed by atoms with Crippen molar-refractivity contribution in [3.63, 3.8) is 0 Å². The van der Waals surface area contributed by atoms with E-state index in [0.717, 1.165) is 18.5 Å². The minimum absolute atomic E-state index is 0.0466. The van der Waals surface area contributed by atoms with Gasteiger partial charge < -0.3 is 15.7 Å². The number of nitrogens with two attached hydrogens (primary N) is 1. The quantitative estimate of drug-likeness (QED) is 0.836. The zero-order valence-corrected chi connectivity index (χ0v) is 11.7. The maximum atomic E-state index is 13.4. The predicted molar refractivity (Wildman–Crippen MR) is 77.1 cm³/mol. The van der Waals surface area contributed by atoms with Crippen molar-refractivity contribution in [2.45, 2.75) is 38.1 Å². The molecule has 0 amide bonds. The van der Waals surface area contributed by atoms with Crippen molar-refractivity contribution >= 4 is 23.0 Å². The predicted octanol–water partition coefficient (Wildman–Crippen LogP) is 3.19. The summed E-state index contributed by atoms with van der Waals surface area (Å²) in [5.74, 6) is -0.504. The smallest absolute Gasteiger partial charge is 0.143 e. The fourth-order valence-corrected chi connectivity index (χ4v) is 2.96. The van der Waals surface area contributed by atoms with E-state index >= 15 is 0 Å². The van der Waals surface area contributed by atoms with Gasteiger partial charge in [0.1, 0.15) is 5.82 Å². The molecule has 0 unspecified atom stereocenters. The van der Waals surface area contributed by atoms with Crippen LogP contribution in [0.3, 0.4) is 0 Å². The Kier molecular flexibility index (Phi) is 4.88. The maximum Gasteiger partial charge on any atom is 0.143 e.